The van der Waals surface area contributed by atoms with Gasteiger partial charge in [0.05, 0.1) is 6.10 Å². The van der Waals surface area contributed by atoms with Crippen LogP contribution in [0.2, 0.25) is 0 Å². The summed E-state index contributed by atoms with van der Waals surface area (Å²) in [6.07, 6.45) is 9.11. The largest absolute Gasteiger partial charge is 0.389 e. The molecule has 0 fully saturated rings. The highest BCUT2D eigenvalue weighted by Gasteiger charge is 2.21. The Hall–Kier alpha value is -0.300. The van der Waals surface area contributed by atoms with Crippen molar-refractivity contribution in [1.82, 2.24) is 0 Å². The van der Waals surface area contributed by atoms with E-state index < -0.39 is 0 Å². The van der Waals surface area contributed by atoms with Crippen molar-refractivity contribution >= 4 is 0 Å². The van der Waals surface area contributed by atoms with Crippen LogP contribution in [-0.4, -0.2) is 11.2 Å². The molecule has 0 aliphatic heterocycles. The van der Waals surface area contributed by atoms with Crippen molar-refractivity contribution in [2.75, 3.05) is 0 Å². The zero-order chi connectivity index (χ0) is 9.68. The molecule has 0 heterocycles. The molecule has 0 saturated carbocycles. The summed E-state index contributed by atoms with van der Waals surface area (Å²) >= 11 is 0. The van der Waals surface area contributed by atoms with Gasteiger partial charge in [0.2, 0.25) is 0 Å². The van der Waals surface area contributed by atoms with Gasteiger partial charge < -0.3 is 5.11 Å². The van der Waals surface area contributed by atoms with Crippen LogP contribution in [0.15, 0.2) is 11.6 Å². The van der Waals surface area contributed by atoms with Crippen LogP contribution >= 0.6 is 0 Å². The smallest absolute Gasteiger partial charge is 0.0751 e. The highest BCUT2D eigenvalue weighted by atomic mass is 16.3. The van der Waals surface area contributed by atoms with Crippen molar-refractivity contribution < 1.29 is 5.11 Å². The summed E-state index contributed by atoms with van der Waals surface area (Å²) in [5.74, 6) is 0.533. The molecular weight excluding hydrogens is 160 g/mol. The normalized spacial score (nSPS) is 28.7. The fourth-order valence-electron chi connectivity index (χ4n) is 2.22. The Bertz CT molecular complexity index is 172. The molecule has 1 nitrogen and oxygen atoms in total. The third-order valence-electron chi connectivity index (χ3n) is 2.96. The van der Waals surface area contributed by atoms with Gasteiger partial charge in [0.25, 0.3) is 0 Å². The lowest BCUT2D eigenvalue weighted by atomic mass is 9.83. The maximum Gasteiger partial charge on any atom is 0.0751 e. The highest BCUT2D eigenvalue weighted by molar-refractivity contribution is 5.10. The van der Waals surface area contributed by atoms with E-state index in [1.807, 2.05) is 0 Å². The molecule has 2 atom stereocenters. The van der Waals surface area contributed by atoms with Crippen molar-refractivity contribution in [3.8, 4) is 0 Å². The van der Waals surface area contributed by atoms with Crippen molar-refractivity contribution in [2.24, 2.45) is 5.92 Å². The van der Waals surface area contributed by atoms with Gasteiger partial charge >= 0.3 is 0 Å². The topological polar surface area (TPSA) is 20.2 Å². The number of rotatable bonds is 4. The molecule has 0 aromatic heterocycles. The van der Waals surface area contributed by atoms with Crippen LogP contribution in [0.25, 0.3) is 0 Å². The molecule has 0 aromatic carbocycles. The van der Waals surface area contributed by atoms with Crippen molar-refractivity contribution in [2.45, 2.75) is 58.5 Å². The van der Waals surface area contributed by atoms with E-state index in [0.717, 1.165) is 0 Å². The van der Waals surface area contributed by atoms with Gasteiger partial charge in [0.1, 0.15) is 0 Å². The summed E-state index contributed by atoms with van der Waals surface area (Å²) in [5.41, 5.74) is 1.47. The second-order valence-electron chi connectivity index (χ2n) is 4.15. The van der Waals surface area contributed by atoms with Crippen LogP contribution in [-0.2, 0) is 0 Å². The SMILES string of the molecule is CCCC1=CC(O)C(CCC)CC1. The van der Waals surface area contributed by atoms with E-state index in [9.17, 15) is 5.11 Å². The van der Waals surface area contributed by atoms with Crippen LogP contribution in [0.3, 0.4) is 0 Å². The molecule has 1 aliphatic carbocycles. The first-order chi connectivity index (χ1) is 6.27. The molecule has 1 N–H and O–H groups in total. The number of aliphatic hydroxyl groups is 1. The first kappa shape index (κ1) is 10.8. The zero-order valence-corrected chi connectivity index (χ0v) is 8.92. The van der Waals surface area contributed by atoms with Gasteiger partial charge in [-0.15, -0.1) is 0 Å². The molecular formula is C12H22O. The van der Waals surface area contributed by atoms with E-state index in [1.165, 1.54) is 44.1 Å². The summed E-state index contributed by atoms with van der Waals surface area (Å²) < 4.78 is 0. The summed E-state index contributed by atoms with van der Waals surface area (Å²) in [7, 11) is 0. The van der Waals surface area contributed by atoms with E-state index in [4.69, 9.17) is 0 Å². The van der Waals surface area contributed by atoms with Crippen LogP contribution in [0, 0.1) is 5.92 Å². The Morgan fingerprint density at radius 1 is 1.38 bits per heavy atom. The van der Waals surface area contributed by atoms with Gasteiger partial charge in [-0.05, 0) is 31.6 Å². The maximum absolute atomic E-state index is 9.82. The number of hydrogen-bond acceptors (Lipinski definition) is 1. The van der Waals surface area contributed by atoms with Crippen LogP contribution in [0.5, 0.6) is 0 Å². The van der Waals surface area contributed by atoms with Crippen molar-refractivity contribution in [1.29, 1.82) is 0 Å². The van der Waals surface area contributed by atoms with E-state index >= 15 is 0 Å². The fourth-order valence-corrected chi connectivity index (χ4v) is 2.22. The van der Waals surface area contributed by atoms with E-state index in [0.29, 0.717) is 5.92 Å². The quantitative estimate of drug-likeness (QED) is 0.661. The molecule has 76 valence electrons. The monoisotopic (exact) mass is 182 g/mol. The molecule has 13 heavy (non-hydrogen) atoms. The molecule has 0 aromatic rings. The third-order valence-corrected chi connectivity index (χ3v) is 2.96. The molecule has 0 bridgehead atoms. The minimum atomic E-state index is -0.157. The summed E-state index contributed by atoms with van der Waals surface area (Å²) in [5, 5.41) is 9.82. The standard InChI is InChI=1S/C12H22O/c1-3-5-10-7-8-11(6-4-2)12(13)9-10/h9,11-13H,3-8H2,1-2H3. The average Bonchev–Trinajstić information content (AvgIpc) is 2.10. The Balaban J connectivity index is 2.45. The Kier molecular flexibility index (Phi) is 4.51. The van der Waals surface area contributed by atoms with Gasteiger partial charge in [-0.25, -0.2) is 0 Å². The molecule has 0 amide bonds. The summed E-state index contributed by atoms with van der Waals surface area (Å²) in [6.45, 7) is 4.39. The Morgan fingerprint density at radius 2 is 2.15 bits per heavy atom. The lowest BCUT2D eigenvalue weighted by Crippen LogP contribution is -2.22. The van der Waals surface area contributed by atoms with E-state index in [1.54, 1.807) is 0 Å². The minimum absolute atomic E-state index is 0.157. The molecule has 0 spiro atoms. The predicted molar refractivity (Wildman–Crippen MR) is 56.6 cm³/mol. The van der Waals surface area contributed by atoms with Crippen molar-refractivity contribution in [3.05, 3.63) is 11.6 Å². The van der Waals surface area contributed by atoms with Gasteiger partial charge in [0, 0.05) is 0 Å². The van der Waals surface area contributed by atoms with Gasteiger partial charge in [-0.3, -0.25) is 0 Å². The Morgan fingerprint density at radius 3 is 2.69 bits per heavy atom. The fraction of sp³-hybridized carbons (Fsp3) is 0.833. The van der Waals surface area contributed by atoms with E-state index in [2.05, 4.69) is 19.9 Å². The second kappa shape index (κ2) is 5.43. The molecule has 1 heteroatoms. The van der Waals surface area contributed by atoms with Gasteiger partial charge in [-0.2, -0.15) is 0 Å². The molecule has 2 unspecified atom stereocenters. The first-order valence-corrected chi connectivity index (χ1v) is 5.65. The highest BCUT2D eigenvalue weighted by Crippen LogP contribution is 2.29. The number of aliphatic hydroxyl groups excluding tert-OH is 1. The number of allylic oxidation sites excluding steroid dienone is 1. The van der Waals surface area contributed by atoms with Crippen molar-refractivity contribution in [3.63, 3.8) is 0 Å². The lowest BCUT2D eigenvalue weighted by molar-refractivity contribution is 0.131. The molecule has 1 rings (SSSR count). The van der Waals surface area contributed by atoms with Crippen LogP contribution in [0.4, 0.5) is 0 Å². The second-order valence-corrected chi connectivity index (χ2v) is 4.15. The molecule has 0 radical (unpaired) electrons. The van der Waals surface area contributed by atoms with Crippen LogP contribution < -0.4 is 0 Å². The predicted octanol–water partition coefficient (Wildman–Crippen LogP) is 3.28. The maximum atomic E-state index is 9.82. The Labute approximate surface area is 81.9 Å². The summed E-state index contributed by atoms with van der Waals surface area (Å²) in [4.78, 5) is 0. The zero-order valence-electron chi connectivity index (χ0n) is 8.92. The third kappa shape index (κ3) is 3.15. The first-order valence-electron chi connectivity index (χ1n) is 5.65. The summed E-state index contributed by atoms with van der Waals surface area (Å²) in [6, 6.07) is 0. The number of hydrogen-bond donors (Lipinski definition) is 1. The van der Waals surface area contributed by atoms with E-state index in [-0.39, 0.29) is 6.10 Å². The van der Waals surface area contributed by atoms with Gasteiger partial charge in [-0.1, -0.05) is 38.3 Å². The molecule has 1 aliphatic rings. The minimum Gasteiger partial charge on any atom is -0.389 e. The lowest BCUT2D eigenvalue weighted by Gasteiger charge is -2.26. The van der Waals surface area contributed by atoms with Crippen LogP contribution in [0.1, 0.15) is 52.4 Å². The average molecular weight is 182 g/mol. The van der Waals surface area contributed by atoms with Gasteiger partial charge in [0.15, 0.2) is 0 Å². The molecule has 0 saturated heterocycles.